The lowest BCUT2D eigenvalue weighted by atomic mass is 10.0. The van der Waals surface area contributed by atoms with E-state index in [0.29, 0.717) is 0 Å². The maximum atomic E-state index is 10.7. The Balaban J connectivity index is 2.66. The molecule has 7 nitrogen and oxygen atoms in total. The molecule has 1 heterocycles. The third-order valence-corrected chi connectivity index (χ3v) is 2.07. The molecule has 0 spiro atoms. The summed E-state index contributed by atoms with van der Waals surface area (Å²) in [6.07, 6.45) is -7.90. The van der Waals surface area contributed by atoms with Crippen molar-refractivity contribution in [2.75, 3.05) is 6.61 Å². The smallest absolute Gasteiger partial charge is 0.338 e. The first-order valence-corrected chi connectivity index (χ1v) is 4.02. The van der Waals surface area contributed by atoms with E-state index in [4.69, 9.17) is 15.3 Å². The van der Waals surface area contributed by atoms with Gasteiger partial charge < -0.3 is 30.3 Å². The van der Waals surface area contributed by atoms with Crippen LogP contribution in [0.4, 0.5) is 0 Å². The number of esters is 1. The molecule has 14 heavy (non-hydrogen) atoms. The minimum Gasteiger partial charge on any atom is -0.455 e. The van der Waals surface area contributed by atoms with E-state index >= 15 is 0 Å². The van der Waals surface area contributed by atoms with Gasteiger partial charge >= 0.3 is 5.97 Å². The Kier molecular flexibility index (Phi) is 3.40. The molecule has 0 unspecified atom stereocenters. The van der Waals surface area contributed by atoms with Crippen LogP contribution >= 0.6 is 0 Å². The number of cyclic esters (lactones) is 1. The van der Waals surface area contributed by atoms with Crippen LogP contribution < -0.4 is 0 Å². The van der Waals surface area contributed by atoms with E-state index in [2.05, 4.69) is 4.74 Å². The van der Waals surface area contributed by atoms with E-state index in [0.717, 1.165) is 0 Å². The van der Waals surface area contributed by atoms with Crippen molar-refractivity contribution in [3.8, 4) is 0 Å². The molecule has 1 aliphatic heterocycles. The second-order valence-corrected chi connectivity index (χ2v) is 3.08. The van der Waals surface area contributed by atoms with E-state index < -0.39 is 43.1 Å². The molecule has 0 saturated carbocycles. The summed E-state index contributed by atoms with van der Waals surface area (Å²) in [5, 5.41) is 44.9. The molecule has 0 radical (unpaired) electrons. The number of aliphatic hydroxyl groups excluding tert-OH is 5. The summed E-state index contributed by atoms with van der Waals surface area (Å²) in [4.78, 5) is 10.7. The predicted molar refractivity (Wildman–Crippen MR) is 41.0 cm³/mol. The lowest BCUT2D eigenvalue weighted by Gasteiger charge is -2.23. The second-order valence-electron chi connectivity index (χ2n) is 3.08. The van der Waals surface area contributed by atoms with Gasteiger partial charge in [0.2, 0.25) is 0 Å². The molecule has 82 valence electrons. The highest BCUT2D eigenvalue weighted by molar-refractivity contribution is 5.77. The number of rotatable bonds is 3. The second kappa shape index (κ2) is 4.20. The van der Waals surface area contributed by atoms with Crippen molar-refractivity contribution in [1.82, 2.24) is 0 Å². The molecule has 0 amide bonds. The SMILES string of the molecule is O=C1O[C@@H]([C@H](O)[C@H](O)CO)[C@H](O)[C@H]1O. The fraction of sp³-hybridized carbons (Fsp3) is 0.857. The molecular weight excluding hydrogens is 196 g/mol. The van der Waals surface area contributed by atoms with Gasteiger partial charge in [0.1, 0.15) is 18.3 Å². The van der Waals surface area contributed by atoms with Crippen LogP contribution in [0.5, 0.6) is 0 Å². The van der Waals surface area contributed by atoms with Gasteiger partial charge in [-0.25, -0.2) is 4.79 Å². The predicted octanol–water partition coefficient (Wildman–Crippen LogP) is -3.65. The Labute approximate surface area is 79.2 Å². The summed E-state index contributed by atoms with van der Waals surface area (Å²) in [5.74, 6) is -1.06. The van der Waals surface area contributed by atoms with Crippen LogP contribution in [-0.2, 0) is 9.53 Å². The molecule has 0 aromatic carbocycles. The number of hydrogen-bond acceptors (Lipinski definition) is 7. The summed E-state index contributed by atoms with van der Waals surface area (Å²) in [5.41, 5.74) is 0. The molecule has 1 fully saturated rings. The van der Waals surface area contributed by atoms with Gasteiger partial charge in [-0.3, -0.25) is 0 Å². The average molecular weight is 208 g/mol. The van der Waals surface area contributed by atoms with E-state index in [1.807, 2.05) is 0 Å². The van der Waals surface area contributed by atoms with E-state index in [1.165, 1.54) is 0 Å². The molecule has 5 atom stereocenters. The van der Waals surface area contributed by atoms with Gasteiger partial charge in [-0.1, -0.05) is 0 Å². The molecule has 0 aromatic heterocycles. The monoisotopic (exact) mass is 208 g/mol. The van der Waals surface area contributed by atoms with Crippen molar-refractivity contribution in [2.24, 2.45) is 0 Å². The summed E-state index contributed by atoms with van der Waals surface area (Å²) < 4.78 is 4.41. The van der Waals surface area contributed by atoms with E-state index in [-0.39, 0.29) is 0 Å². The lowest BCUT2D eigenvalue weighted by molar-refractivity contribution is -0.155. The van der Waals surface area contributed by atoms with Gasteiger partial charge in [0.25, 0.3) is 0 Å². The highest BCUT2D eigenvalue weighted by Crippen LogP contribution is 2.20. The molecular formula is C7H12O7. The Morgan fingerprint density at radius 1 is 1.36 bits per heavy atom. The zero-order valence-electron chi connectivity index (χ0n) is 7.15. The molecule has 1 saturated heterocycles. The van der Waals surface area contributed by atoms with Crippen LogP contribution in [0.1, 0.15) is 0 Å². The van der Waals surface area contributed by atoms with E-state index in [9.17, 15) is 15.0 Å². The minimum atomic E-state index is -1.72. The van der Waals surface area contributed by atoms with Gasteiger partial charge in [0.05, 0.1) is 6.61 Å². The van der Waals surface area contributed by atoms with Crippen molar-refractivity contribution in [3.05, 3.63) is 0 Å². The highest BCUT2D eigenvalue weighted by Gasteiger charge is 2.47. The molecule has 5 N–H and O–H groups in total. The number of ether oxygens (including phenoxy) is 1. The molecule has 1 rings (SSSR count). The Morgan fingerprint density at radius 3 is 2.29 bits per heavy atom. The fourth-order valence-electron chi connectivity index (χ4n) is 1.19. The van der Waals surface area contributed by atoms with Gasteiger partial charge in [-0.05, 0) is 0 Å². The maximum Gasteiger partial charge on any atom is 0.338 e. The molecule has 0 aliphatic carbocycles. The average Bonchev–Trinajstić information content (AvgIpc) is 2.43. The van der Waals surface area contributed by atoms with Crippen molar-refractivity contribution >= 4 is 5.97 Å². The first-order chi connectivity index (χ1) is 6.49. The Bertz CT molecular complexity index is 218. The Hall–Kier alpha value is -0.730. The number of carbonyl (C=O) groups is 1. The standard InChI is InChI=1S/C7H12O7/c8-1-2(9)3(10)6-4(11)5(12)7(13)14-6/h2-6,8-12H,1H2/t2-,3-,4-,5-,6+/m1/s1. The molecule has 0 bridgehead atoms. The third-order valence-electron chi connectivity index (χ3n) is 2.07. The van der Waals surface area contributed by atoms with Crippen LogP contribution in [0, 0.1) is 0 Å². The fourth-order valence-corrected chi connectivity index (χ4v) is 1.19. The zero-order chi connectivity index (χ0) is 10.9. The van der Waals surface area contributed by atoms with Gasteiger partial charge in [0, 0.05) is 0 Å². The number of hydrogen-bond donors (Lipinski definition) is 5. The maximum absolute atomic E-state index is 10.7. The number of carbonyl (C=O) groups excluding carboxylic acids is 1. The van der Waals surface area contributed by atoms with Crippen LogP contribution in [0.2, 0.25) is 0 Å². The molecule has 7 heteroatoms. The van der Waals surface area contributed by atoms with Gasteiger partial charge in [-0.15, -0.1) is 0 Å². The topological polar surface area (TPSA) is 127 Å². The van der Waals surface area contributed by atoms with Crippen LogP contribution in [0.15, 0.2) is 0 Å². The lowest BCUT2D eigenvalue weighted by Crippen LogP contribution is -2.46. The largest absolute Gasteiger partial charge is 0.455 e. The first-order valence-electron chi connectivity index (χ1n) is 4.02. The normalized spacial score (nSPS) is 36.6. The minimum absolute atomic E-state index is 0.738. The quantitative estimate of drug-likeness (QED) is 0.302. The first kappa shape index (κ1) is 11.3. The highest BCUT2D eigenvalue weighted by atomic mass is 16.6. The van der Waals surface area contributed by atoms with Crippen LogP contribution in [-0.4, -0.2) is 68.6 Å². The Morgan fingerprint density at radius 2 is 1.93 bits per heavy atom. The van der Waals surface area contributed by atoms with Crippen molar-refractivity contribution in [3.63, 3.8) is 0 Å². The third kappa shape index (κ3) is 1.86. The van der Waals surface area contributed by atoms with Gasteiger partial charge in [-0.2, -0.15) is 0 Å². The van der Waals surface area contributed by atoms with E-state index in [1.54, 1.807) is 0 Å². The van der Waals surface area contributed by atoms with Crippen molar-refractivity contribution in [1.29, 1.82) is 0 Å². The summed E-state index contributed by atoms with van der Waals surface area (Å²) in [7, 11) is 0. The zero-order valence-corrected chi connectivity index (χ0v) is 7.15. The van der Waals surface area contributed by atoms with Crippen molar-refractivity contribution in [2.45, 2.75) is 30.5 Å². The van der Waals surface area contributed by atoms with Crippen molar-refractivity contribution < 1.29 is 35.1 Å². The summed E-state index contributed by atoms with van der Waals surface area (Å²) in [6, 6.07) is 0. The number of aliphatic hydroxyl groups is 5. The summed E-state index contributed by atoms with van der Waals surface area (Å²) >= 11 is 0. The van der Waals surface area contributed by atoms with Gasteiger partial charge in [0.15, 0.2) is 12.2 Å². The molecule has 0 aromatic rings. The molecule has 1 aliphatic rings. The van der Waals surface area contributed by atoms with Crippen LogP contribution in [0.25, 0.3) is 0 Å². The van der Waals surface area contributed by atoms with Crippen LogP contribution in [0.3, 0.4) is 0 Å². The summed E-state index contributed by atoms with van der Waals surface area (Å²) in [6.45, 7) is -0.738.